The number of carbonyl (C=O) groups is 10. The number of amides is 9. The molecule has 2 fully saturated rings. The molecular formula is C35H58N10O13S. The molecule has 0 bridgehead atoms. The first-order valence-electron chi connectivity index (χ1n) is 19.2. The third kappa shape index (κ3) is 16.6. The standard InChI is InChI=1S/C35H58N10O13S/c1-17(40-25(49)15-38-30(52)21(9-10-24(36)48)41-33(55)27(18(2)46)44-31(53)20-7-5-12-37-20)29(51)42-22(11-14-59-4)34(56)45-13-6-8-23(45)32(54)39-16-26(50)43-28(19(3)47)35(57)58/h17-23,27-28,37,46-47H,5-16H2,1-4H3,(H2,36,48)(H,38,52)(H,39,54)(H,40,49)(H,41,55)(H,42,51)(H,43,50)(H,44,53)(H,57,58)/t17-,18+,19+,20-,21-,22-,23-,27-,28-/m0/s1. The van der Waals surface area contributed by atoms with Crippen LogP contribution in [0.4, 0.5) is 0 Å². The molecule has 9 amide bonds. The number of carboxylic acids is 1. The third-order valence-corrected chi connectivity index (χ3v) is 10.1. The lowest BCUT2D eigenvalue weighted by atomic mass is 10.1. The van der Waals surface area contributed by atoms with E-state index in [1.54, 1.807) is 6.26 Å². The summed E-state index contributed by atoms with van der Waals surface area (Å²) < 4.78 is 0. The molecule has 2 saturated heterocycles. The molecule has 2 heterocycles. The van der Waals surface area contributed by atoms with Gasteiger partial charge < -0.3 is 68.5 Å². The first-order chi connectivity index (χ1) is 27.8. The fraction of sp³-hybridized carbons (Fsp3) is 0.714. The Morgan fingerprint density at radius 2 is 1.37 bits per heavy atom. The van der Waals surface area contributed by atoms with E-state index in [-0.39, 0.29) is 32.2 Å². The Hall–Kier alpha value is -5.07. The fourth-order valence-corrected chi connectivity index (χ4v) is 6.70. The van der Waals surface area contributed by atoms with Crippen molar-refractivity contribution >= 4 is 70.9 Å². The van der Waals surface area contributed by atoms with Crippen molar-refractivity contribution in [2.45, 2.75) is 120 Å². The number of nitrogens with one attached hydrogen (secondary N) is 8. The minimum atomic E-state index is -1.60. The Morgan fingerprint density at radius 1 is 0.746 bits per heavy atom. The van der Waals surface area contributed by atoms with Crippen LogP contribution < -0.4 is 48.3 Å². The summed E-state index contributed by atoms with van der Waals surface area (Å²) in [7, 11) is 0. The molecule has 0 spiro atoms. The van der Waals surface area contributed by atoms with Gasteiger partial charge in [-0.1, -0.05) is 0 Å². The van der Waals surface area contributed by atoms with Crippen LogP contribution in [0.25, 0.3) is 0 Å². The normalized spacial score (nSPS) is 19.7. The van der Waals surface area contributed by atoms with Crippen molar-refractivity contribution < 1.29 is 63.3 Å². The number of aliphatic carboxylic acids is 1. The molecular weight excluding hydrogens is 801 g/mol. The van der Waals surface area contributed by atoms with E-state index in [9.17, 15) is 58.2 Å². The number of carboxylic acid groups (broad SMARTS) is 1. The molecule has 0 saturated carbocycles. The van der Waals surface area contributed by atoms with E-state index in [0.29, 0.717) is 25.1 Å². The van der Waals surface area contributed by atoms with Gasteiger partial charge in [-0.25, -0.2) is 4.79 Å². The maximum absolute atomic E-state index is 13.7. The highest BCUT2D eigenvalue weighted by Gasteiger charge is 2.38. The number of aliphatic hydroxyl groups excluding tert-OH is 2. The maximum Gasteiger partial charge on any atom is 0.328 e. The number of nitrogens with two attached hydrogens (primary N) is 1. The SMILES string of the molecule is CSCC[C@H](NC(=O)[C@H](C)NC(=O)CNC(=O)[C@H](CCC(N)=O)NC(=O)[C@@H](NC(=O)[C@@H]1CCCN1)[C@@H](C)O)C(=O)N1CCC[C@H]1C(=O)NCC(=O)N[C@H](C(=O)O)[C@@H](C)O. The third-order valence-electron chi connectivity index (χ3n) is 9.50. The Kier molecular flexibility index (Phi) is 21.0. The van der Waals surface area contributed by atoms with Gasteiger partial charge in [0.25, 0.3) is 0 Å². The molecule has 23 nitrogen and oxygen atoms in total. The zero-order valence-electron chi connectivity index (χ0n) is 33.5. The lowest BCUT2D eigenvalue weighted by molar-refractivity contribution is -0.145. The van der Waals surface area contributed by atoms with Crippen molar-refractivity contribution in [3.63, 3.8) is 0 Å². The zero-order chi connectivity index (χ0) is 44.4. The molecule has 0 unspecified atom stereocenters. The van der Waals surface area contributed by atoms with E-state index in [1.165, 1.54) is 37.4 Å². The van der Waals surface area contributed by atoms with E-state index in [0.717, 1.165) is 6.42 Å². The number of likely N-dealkylation sites (tertiary alicyclic amines) is 1. The first kappa shape index (κ1) is 50.1. The molecule has 2 aliphatic rings. The van der Waals surface area contributed by atoms with Gasteiger partial charge in [-0.3, -0.25) is 43.2 Å². The number of hydrogen-bond donors (Lipinski definition) is 12. The monoisotopic (exact) mass is 858 g/mol. The maximum atomic E-state index is 13.7. The fourth-order valence-electron chi connectivity index (χ4n) is 6.22. The van der Waals surface area contributed by atoms with Gasteiger partial charge in [-0.05, 0) is 77.8 Å². The van der Waals surface area contributed by atoms with E-state index < -0.39 is 127 Å². The second kappa shape index (κ2) is 24.8. The Labute approximate surface area is 345 Å². The van der Waals surface area contributed by atoms with Gasteiger partial charge in [0, 0.05) is 13.0 Å². The predicted molar refractivity (Wildman–Crippen MR) is 210 cm³/mol. The first-order valence-corrected chi connectivity index (χ1v) is 20.6. The van der Waals surface area contributed by atoms with Crippen LogP contribution in [0.1, 0.15) is 65.7 Å². The summed E-state index contributed by atoms with van der Waals surface area (Å²) in [6.07, 6.45) is 0.499. The number of thioether (sulfide) groups is 1. The largest absolute Gasteiger partial charge is 0.480 e. The van der Waals surface area contributed by atoms with Crippen LogP contribution in [-0.2, 0) is 47.9 Å². The smallest absolute Gasteiger partial charge is 0.328 e. The van der Waals surface area contributed by atoms with Crippen molar-refractivity contribution in [1.82, 2.24) is 47.4 Å². The summed E-state index contributed by atoms with van der Waals surface area (Å²) in [4.78, 5) is 128. The van der Waals surface area contributed by atoms with Crippen LogP contribution in [-0.4, -0.2) is 172 Å². The van der Waals surface area contributed by atoms with Crippen molar-refractivity contribution in [2.24, 2.45) is 5.73 Å². The number of nitrogens with zero attached hydrogens (tertiary/aromatic N) is 1. The Bertz CT molecular complexity index is 1540. The van der Waals surface area contributed by atoms with Crippen LogP contribution in [0.2, 0.25) is 0 Å². The van der Waals surface area contributed by atoms with E-state index >= 15 is 0 Å². The minimum Gasteiger partial charge on any atom is -0.480 e. The number of rotatable bonds is 24. The molecule has 0 aliphatic carbocycles. The molecule has 2 aliphatic heterocycles. The van der Waals surface area contributed by atoms with Gasteiger partial charge in [0.15, 0.2) is 6.04 Å². The van der Waals surface area contributed by atoms with E-state index in [2.05, 4.69) is 42.5 Å². The lowest BCUT2D eigenvalue weighted by Gasteiger charge is -2.29. The molecule has 332 valence electrons. The van der Waals surface area contributed by atoms with Crippen LogP contribution in [0.3, 0.4) is 0 Å². The average molecular weight is 859 g/mol. The summed E-state index contributed by atoms with van der Waals surface area (Å²) in [6.45, 7) is 3.24. The van der Waals surface area contributed by atoms with E-state index in [4.69, 9.17) is 10.8 Å². The van der Waals surface area contributed by atoms with Gasteiger partial charge in [0.1, 0.15) is 30.2 Å². The number of carbonyl (C=O) groups excluding carboxylic acids is 9. The van der Waals surface area contributed by atoms with Crippen molar-refractivity contribution in [3.05, 3.63) is 0 Å². The quantitative estimate of drug-likeness (QED) is 0.0430. The van der Waals surface area contributed by atoms with E-state index in [1.807, 2.05) is 0 Å². The Balaban J connectivity index is 2.00. The topological polar surface area (TPSA) is 357 Å². The molecule has 59 heavy (non-hydrogen) atoms. The van der Waals surface area contributed by atoms with Gasteiger partial charge in [0.2, 0.25) is 53.2 Å². The predicted octanol–water partition coefficient (Wildman–Crippen LogP) is -5.73. The highest BCUT2D eigenvalue weighted by atomic mass is 32.2. The number of aliphatic hydroxyl groups is 2. The summed E-state index contributed by atoms with van der Waals surface area (Å²) in [5.41, 5.74) is 5.24. The second-order valence-corrected chi connectivity index (χ2v) is 15.3. The van der Waals surface area contributed by atoms with Crippen molar-refractivity contribution in [3.8, 4) is 0 Å². The van der Waals surface area contributed by atoms with Gasteiger partial charge in [0.05, 0.1) is 31.3 Å². The summed E-state index contributed by atoms with van der Waals surface area (Å²) in [5, 5.41) is 48.6. The van der Waals surface area contributed by atoms with Crippen LogP contribution >= 0.6 is 11.8 Å². The number of primary amides is 1. The molecule has 0 aromatic rings. The van der Waals surface area contributed by atoms with Crippen LogP contribution in [0, 0.1) is 0 Å². The molecule has 13 N–H and O–H groups in total. The molecule has 24 heteroatoms. The van der Waals surface area contributed by atoms with Gasteiger partial charge in [-0.15, -0.1) is 0 Å². The van der Waals surface area contributed by atoms with Crippen LogP contribution in [0.15, 0.2) is 0 Å². The average Bonchev–Trinajstić information content (AvgIpc) is 3.90. The second-order valence-electron chi connectivity index (χ2n) is 14.3. The van der Waals surface area contributed by atoms with Gasteiger partial charge in [-0.2, -0.15) is 11.8 Å². The lowest BCUT2D eigenvalue weighted by Crippen LogP contribution is -2.59. The highest BCUT2D eigenvalue weighted by molar-refractivity contribution is 7.98. The van der Waals surface area contributed by atoms with Crippen LogP contribution in [0.5, 0.6) is 0 Å². The Morgan fingerprint density at radius 3 is 1.95 bits per heavy atom. The molecule has 9 atom stereocenters. The van der Waals surface area contributed by atoms with Crippen molar-refractivity contribution in [1.29, 1.82) is 0 Å². The summed E-state index contributed by atoms with van der Waals surface area (Å²) >= 11 is 1.39. The molecule has 0 aromatic carbocycles. The van der Waals surface area contributed by atoms with Crippen molar-refractivity contribution in [2.75, 3.05) is 38.2 Å². The molecule has 2 rings (SSSR count). The zero-order valence-corrected chi connectivity index (χ0v) is 34.4. The number of hydrogen-bond acceptors (Lipinski definition) is 14. The summed E-state index contributed by atoms with van der Waals surface area (Å²) in [5.74, 6) is -7.93. The highest BCUT2D eigenvalue weighted by Crippen LogP contribution is 2.20. The molecule has 0 aromatic heterocycles. The van der Waals surface area contributed by atoms with Gasteiger partial charge >= 0.3 is 5.97 Å². The molecule has 0 radical (unpaired) electrons. The summed E-state index contributed by atoms with van der Waals surface area (Å²) in [6, 6.07) is -8.38. The minimum absolute atomic E-state index is 0.154.